The Hall–Kier alpha value is -1.19. The fourth-order valence-corrected chi connectivity index (χ4v) is 2.18. The Morgan fingerprint density at radius 2 is 1.82 bits per heavy atom. The average molecular weight is 313 g/mol. The second kappa shape index (κ2) is 5.43. The molecule has 2 nitrogen and oxygen atoms in total. The molecule has 88 valence electrons. The average Bonchev–Trinajstić information content (AvgIpc) is 2.30. The maximum Gasteiger partial charge on any atom is 0.115 e. The van der Waals surface area contributed by atoms with E-state index in [2.05, 4.69) is 21.2 Å². The van der Waals surface area contributed by atoms with Crippen molar-refractivity contribution in [2.24, 2.45) is 0 Å². The molecule has 0 aliphatic heterocycles. The Bertz CT molecular complexity index is 513. The predicted octanol–water partition coefficient (Wildman–Crippen LogP) is 4.42. The number of benzene rings is 2. The summed E-state index contributed by atoms with van der Waals surface area (Å²) in [6.45, 7) is 0.668. The molecule has 0 saturated heterocycles. The maximum atomic E-state index is 9.17. The molecule has 0 fully saturated rings. The van der Waals surface area contributed by atoms with Gasteiger partial charge in [0, 0.05) is 11.0 Å². The summed E-state index contributed by atoms with van der Waals surface area (Å²) in [4.78, 5) is 0. The number of phenols is 1. The van der Waals surface area contributed by atoms with Crippen LogP contribution in [-0.4, -0.2) is 5.11 Å². The smallest absolute Gasteiger partial charge is 0.115 e. The molecule has 2 N–H and O–H groups in total. The zero-order valence-electron chi connectivity index (χ0n) is 8.95. The highest BCUT2D eigenvalue weighted by molar-refractivity contribution is 9.10. The SMILES string of the molecule is Oc1ccc(CNc2ccc(Br)cc2Cl)cc1. The van der Waals surface area contributed by atoms with Crippen LogP contribution in [0.2, 0.25) is 5.02 Å². The number of hydrogen-bond donors (Lipinski definition) is 2. The Morgan fingerprint density at radius 3 is 2.47 bits per heavy atom. The quantitative estimate of drug-likeness (QED) is 0.879. The molecule has 0 aliphatic carbocycles. The lowest BCUT2D eigenvalue weighted by Gasteiger charge is -2.08. The largest absolute Gasteiger partial charge is 0.508 e. The van der Waals surface area contributed by atoms with E-state index in [0.717, 1.165) is 15.7 Å². The fourth-order valence-electron chi connectivity index (χ4n) is 1.44. The van der Waals surface area contributed by atoms with Gasteiger partial charge in [0.2, 0.25) is 0 Å². The zero-order chi connectivity index (χ0) is 12.3. The summed E-state index contributed by atoms with van der Waals surface area (Å²) in [6, 6.07) is 12.8. The molecule has 0 amide bonds. The first-order chi connectivity index (χ1) is 8.15. The fraction of sp³-hybridized carbons (Fsp3) is 0.0769. The first kappa shape index (κ1) is 12.3. The van der Waals surface area contributed by atoms with E-state index < -0.39 is 0 Å². The Kier molecular flexibility index (Phi) is 3.92. The van der Waals surface area contributed by atoms with Crippen molar-refractivity contribution in [3.8, 4) is 5.75 Å². The maximum absolute atomic E-state index is 9.17. The first-order valence-electron chi connectivity index (χ1n) is 5.12. The van der Waals surface area contributed by atoms with Gasteiger partial charge in [-0.15, -0.1) is 0 Å². The number of halogens is 2. The Labute approximate surface area is 113 Å². The monoisotopic (exact) mass is 311 g/mol. The molecular weight excluding hydrogens is 302 g/mol. The molecule has 0 atom stereocenters. The third-order valence-corrected chi connectivity index (χ3v) is 3.16. The highest BCUT2D eigenvalue weighted by Crippen LogP contribution is 2.26. The second-order valence-corrected chi connectivity index (χ2v) is 4.97. The lowest BCUT2D eigenvalue weighted by atomic mass is 10.2. The highest BCUT2D eigenvalue weighted by Gasteiger charge is 2.00. The lowest BCUT2D eigenvalue weighted by Crippen LogP contribution is -1.99. The number of phenolic OH excluding ortho intramolecular Hbond substituents is 1. The van der Waals surface area contributed by atoms with Crippen LogP contribution in [0.1, 0.15) is 5.56 Å². The summed E-state index contributed by atoms with van der Waals surface area (Å²) in [5.74, 6) is 0.274. The molecule has 2 aromatic rings. The van der Waals surface area contributed by atoms with Gasteiger partial charge in [-0.05, 0) is 35.9 Å². The summed E-state index contributed by atoms with van der Waals surface area (Å²) >= 11 is 9.45. The van der Waals surface area contributed by atoms with E-state index in [9.17, 15) is 0 Å². The number of rotatable bonds is 3. The van der Waals surface area contributed by atoms with Crippen molar-refractivity contribution in [2.45, 2.75) is 6.54 Å². The van der Waals surface area contributed by atoms with Gasteiger partial charge in [0.1, 0.15) is 5.75 Å². The van der Waals surface area contributed by atoms with Crippen LogP contribution in [0.15, 0.2) is 46.9 Å². The van der Waals surface area contributed by atoms with E-state index in [1.807, 2.05) is 30.3 Å². The van der Waals surface area contributed by atoms with Gasteiger partial charge in [0.05, 0.1) is 10.7 Å². The van der Waals surface area contributed by atoms with E-state index in [4.69, 9.17) is 16.7 Å². The third kappa shape index (κ3) is 3.38. The molecule has 0 unspecified atom stereocenters. The van der Waals surface area contributed by atoms with Crippen molar-refractivity contribution in [2.75, 3.05) is 5.32 Å². The molecule has 4 heteroatoms. The summed E-state index contributed by atoms with van der Waals surface area (Å²) < 4.78 is 0.956. The summed E-state index contributed by atoms with van der Waals surface area (Å²) in [6.07, 6.45) is 0. The van der Waals surface area contributed by atoms with Crippen LogP contribution in [0.25, 0.3) is 0 Å². The normalized spacial score (nSPS) is 10.2. The topological polar surface area (TPSA) is 32.3 Å². The number of nitrogens with one attached hydrogen (secondary N) is 1. The van der Waals surface area contributed by atoms with Crippen LogP contribution in [0.4, 0.5) is 5.69 Å². The number of anilines is 1. The molecule has 0 radical (unpaired) electrons. The molecular formula is C13H11BrClNO. The molecule has 0 saturated carbocycles. The predicted molar refractivity (Wildman–Crippen MR) is 74.6 cm³/mol. The van der Waals surface area contributed by atoms with E-state index in [-0.39, 0.29) is 5.75 Å². The van der Waals surface area contributed by atoms with Gasteiger partial charge in [0.15, 0.2) is 0 Å². The number of aromatic hydroxyl groups is 1. The standard InChI is InChI=1S/C13H11BrClNO/c14-10-3-6-13(12(15)7-10)16-8-9-1-4-11(17)5-2-9/h1-7,16-17H,8H2. The molecule has 2 aromatic carbocycles. The van der Waals surface area contributed by atoms with Gasteiger partial charge in [0.25, 0.3) is 0 Å². The lowest BCUT2D eigenvalue weighted by molar-refractivity contribution is 0.475. The van der Waals surface area contributed by atoms with Gasteiger partial charge in [-0.3, -0.25) is 0 Å². The molecule has 0 bridgehead atoms. The van der Waals surface area contributed by atoms with Crippen LogP contribution in [-0.2, 0) is 6.54 Å². The number of hydrogen-bond acceptors (Lipinski definition) is 2. The molecule has 0 heterocycles. The zero-order valence-corrected chi connectivity index (χ0v) is 11.3. The summed E-state index contributed by atoms with van der Waals surface area (Å²) in [5.41, 5.74) is 1.98. The van der Waals surface area contributed by atoms with Crippen LogP contribution < -0.4 is 5.32 Å². The molecule has 0 aliphatic rings. The van der Waals surface area contributed by atoms with Crippen LogP contribution in [0.5, 0.6) is 5.75 Å². The van der Waals surface area contributed by atoms with Gasteiger partial charge < -0.3 is 10.4 Å². The van der Waals surface area contributed by atoms with Crippen LogP contribution in [0, 0.1) is 0 Å². The van der Waals surface area contributed by atoms with Crippen LogP contribution >= 0.6 is 27.5 Å². The second-order valence-electron chi connectivity index (χ2n) is 3.64. The molecule has 0 spiro atoms. The Balaban J connectivity index is 2.04. The van der Waals surface area contributed by atoms with Crippen molar-refractivity contribution >= 4 is 33.2 Å². The molecule has 17 heavy (non-hydrogen) atoms. The van der Waals surface area contributed by atoms with Gasteiger partial charge in [-0.2, -0.15) is 0 Å². The minimum Gasteiger partial charge on any atom is -0.508 e. The van der Waals surface area contributed by atoms with Crippen molar-refractivity contribution in [1.29, 1.82) is 0 Å². The van der Waals surface area contributed by atoms with E-state index in [1.165, 1.54) is 0 Å². The molecule has 0 aromatic heterocycles. The van der Waals surface area contributed by atoms with Gasteiger partial charge in [-0.25, -0.2) is 0 Å². The van der Waals surface area contributed by atoms with E-state index in [1.54, 1.807) is 12.1 Å². The van der Waals surface area contributed by atoms with E-state index in [0.29, 0.717) is 11.6 Å². The highest BCUT2D eigenvalue weighted by atomic mass is 79.9. The Morgan fingerprint density at radius 1 is 1.12 bits per heavy atom. The minimum atomic E-state index is 0.274. The third-order valence-electron chi connectivity index (χ3n) is 2.35. The minimum absolute atomic E-state index is 0.274. The van der Waals surface area contributed by atoms with Crippen LogP contribution in [0.3, 0.4) is 0 Å². The van der Waals surface area contributed by atoms with Crippen molar-refractivity contribution in [3.63, 3.8) is 0 Å². The van der Waals surface area contributed by atoms with E-state index >= 15 is 0 Å². The summed E-state index contributed by atoms with van der Waals surface area (Å²) in [7, 11) is 0. The van der Waals surface area contributed by atoms with Crippen molar-refractivity contribution < 1.29 is 5.11 Å². The first-order valence-corrected chi connectivity index (χ1v) is 6.29. The van der Waals surface area contributed by atoms with Gasteiger partial charge >= 0.3 is 0 Å². The van der Waals surface area contributed by atoms with Crippen molar-refractivity contribution in [3.05, 3.63) is 57.5 Å². The molecule has 2 rings (SSSR count). The van der Waals surface area contributed by atoms with Crippen molar-refractivity contribution in [1.82, 2.24) is 0 Å². The van der Waals surface area contributed by atoms with Gasteiger partial charge in [-0.1, -0.05) is 39.7 Å². The summed E-state index contributed by atoms with van der Waals surface area (Å²) in [5, 5.41) is 13.1.